The molecule has 41 heavy (non-hydrogen) atoms. The van der Waals surface area contributed by atoms with Gasteiger partial charge in [-0.15, -0.1) is 0 Å². The summed E-state index contributed by atoms with van der Waals surface area (Å²) in [6.45, 7) is 26.7. The molecule has 2 aromatic carbocycles. The van der Waals surface area contributed by atoms with Crippen LogP contribution in [0.2, 0.25) is 0 Å². The highest BCUT2D eigenvalue weighted by atomic mass is 31.1. The summed E-state index contributed by atoms with van der Waals surface area (Å²) in [5.41, 5.74) is 4.97. The summed E-state index contributed by atoms with van der Waals surface area (Å²) in [7, 11) is -2.02. The van der Waals surface area contributed by atoms with Crippen LogP contribution in [-0.4, -0.2) is 31.6 Å². The Morgan fingerprint density at radius 1 is 0.512 bits per heavy atom. The first-order valence-electron chi connectivity index (χ1n) is 14.5. The van der Waals surface area contributed by atoms with Crippen molar-refractivity contribution in [1.82, 2.24) is 0 Å². The largest absolute Gasteiger partial charge is 0.469 e. The zero-order valence-electron chi connectivity index (χ0n) is 27.1. The average Bonchev–Trinajstić information content (AvgIpc) is 2.85. The molecule has 0 bridgehead atoms. The Balaban J connectivity index is 1.37. The third-order valence-electron chi connectivity index (χ3n) is 7.30. The average molecular weight is 605 g/mol. The Morgan fingerprint density at radius 2 is 0.829 bits per heavy atom. The second-order valence-corrected chi connectivity index (χ2v) is 18.5. The number of benzene rings is 2. The molecule has 2 heterocycles. The molecule has 0 unspecified atom stereocenters. The monoisotopic (exact) mass is 604 g/mol. The minimum absolute atomic E-state index is 0.0582. The predicted molar refractivity (Wildman–Crippen MR) is 169 cm³/mol. The zero-order chi connectivity index (χ0) is 30.4. The van der Waals surface area contributed by atoms with Crippen molar-refractivity contribution in [3.63, 3.8) is 0 Å². The molecule has 0 radical (unpaired) electrons. The van der Waals surface area contributed by atoms with Crippen LogP contribution < -0.4 is 9.05 Å². The Hall–Kier alpha value is -1.26. The van der Waals surface area contributed by atoms with E-state index in [1.807, 2.05) is 0 Å². The van der Waals surface area contributed by atoms with Gasteiger partial charge in [0.25, 0.3) is 0 Å². The highest BCUT2D eigenvalue weighted by Gasteiger charge is 2.47. The summed E-state index contributed by atoms with van der Waals surface area (Å²) in [4.78, 5) is 0. The first-order chi connectivity index (χ1) is 18.8. The van der Waals surface area contributed by atoms with Crippen LogP contribution in [0.4, 0.5) is 0 Å². The van der Waals surface area contributed by atoms with E-state index in [0.29, 0.717) is 25.4 Å². The normalized spacial score (nSPS) is 24.4. The van der Waals surface area contributed by atoms with Gasteiger partial charge in [0.2, 0.25) is 0 Å². The summed E-state index contributed by atoms with van der Waals surface area (Å²) in [5, 5.41) is 0. The van der Waals surface area contributed by atoms with Gasteiger partial charge >= 0.3 is 6.16 Å². The van der Waals surface area contributed by atoms with E-state index in [1.165, 1.54) is 22.3 Å². The Bertz CT molecular complexity index is 1100. The predicted octanol–water partition coefficient (Wildman–Crippen LogP) is 9.66. The smallest absolute Gasteiger partial charge is 0.414 e. The quantitative estimate of drug-likeness (QED) is 0.324. The van der Waals surface area contributed by atoms with Crippen LogP contribution in [0.1, 0.15) is 105 Å². The number of ether oxygens (including phenoxy) is 4. The zero-order valence-corrected chi connectivity index (χ0v) is 28.9. The van der Waals surface area contributed by atoms with E-state index >= 15 is 0 Å². The van der Waals surface area contributed by atoms with Crippen LogP contribution in [0.3, 0.4) is 0 Å². The molecule has 0 N–H and O–H groups in total. The molecule has 2 aliphatic heterocycles. The van der Waals surface area contributed by atoms with Gasteiger partial charge in [-0.3, -0.25) is 18.9 Å². The number of hydrogen-bond donors (Lipinski definition) is 0. The van der Waals surface area contributed by atoms with Gasteiger partial charge < -0.3 is 9.05 Å². The minimum Gasteiger partial charge on any atom is -0.469 e. The van der Waals surface area contributed by atoms with Gasteiger partial charge in [0.05, 0.1) is 0 Å². The van der Waals surface area contributed by atoms with Gasteiger partial charge in [-0.1, -0.05) is 107 Å². The summed E-state index contributed by atoms with van der Waals surface area (Å²) in [5.74, 6) is 1.77. The first kappa shape index (κ1) is 32.6. The molecule has 2 fully saturated rings. The van der Waals surface area contributed by atoms with Crippen molar-refractivity contribution in [2.75, 3.05) is 25.4 Å². The van der Waals surface area contributed by atoms with E-state index in [9.17, 15) is 0 Å². The Labute approximate surface area is 250 Å². The van der Waals surface area contributed by atoms with Crippen LogP contribution in [0, 0.1) is 0 Å². The van der Waals surface area contributed by atoms with Crippen molar-refractivity contribution in [1.29, 1.82) is 0 Å². The molecule has 2 saturated heterocycles. The van der Waals surface area contributed by atoms with Gasteiger partial charge in [0.15, 0.2) is 0 Å². The maximum atomic E-state index is 6.48. The second kappa shape index (κ2) is 11.7. The highest BCUT2D eigenvalue weighted by molar-refractivity contribution is 7.52. The lowest BCUT2D eigenvalue weighted by Gasteiger charge is -2.41. The lowest BCUT2D eigenvalue weighted by Crippen LogP contribution is -2.48. The Morgan fingerprint density at radius 3 is 1.10 bits per heavy atom. The van der Waals surface area contributed by atoms with Crippen molar-refractivity contribution >= 4 is 16.3 Å². The van der Waals surface area contributed by atoms with E-state index in [2.05, 4.69) is 119 Å². The van der Waals surface area contributed by atoms with Gasteiger partial charge in [-0.05, 0) is 44.9 Å². The fourth-order valence-electron chi connectivity index (χ4n) is 4.64. The van der Waals surface area contributed by atoms with E-state index < -0.39 is 22.5 Å². The molecule has 6 nitrogen and oxygen atoms in total. The van der Waals surface area contributed by atoms with E-state index in [-0.39, 0.29) is 21.7 Å². The standard InChI is InChI=1S/C33H50O6P2/c1-29(2,3)23-13-15-27(25(17-23)31(7,8)9)38-40-19-34-33(35-20-40)36-21-41(22-37-33)39-28-16-14-24(30(4,5)6)18-26(28)32(10,11)12/h13-18H,19-22H2,1-12H3. The number of hydrogen-bond acceptors (Lipinski definition) is 6. The van der Waals surface area contributed by atoms with Crippen molar-refractivity contribution in [3.8, 4) is 11.5 Å². The molecule has 0 atom stereocenters. The highest BCUT2D eigenvalue weighted by Crippen LogP contribution is 2.52. The number of rotatable bonds is 4. The molecule has 2 aliphatic rings. The lowest BCUT2D eigenvalue weighted by atomic mass is 9.80. The van der Waals surface area contributed by atoms with E-state index in [0.717, 1.165) is 11.5 Å². The van der Waals surface area contributed by atoms with Crippen LogP contribution >= 0.6 is 16.3 Å². The van der Waals surface area contributed by atoms with Crippen LogP contribution in [0.5, 0.6) is 11.5 Å². The van der Waals surface area contributed by atoms with Gasteiger partial charge in [0, 0.05) is 11.1 Å². The van der Waals surface area contributed by atoms with Crippen molar-refractivity contribution in [3.05, 3.63) is 58.7 Å². The molecule has 4 rings (SSSR count). The van der Waals surface area contributed by atoms with Gasteiger partial charge in [-0.25, -0.2) is 0 Å². The molecule has 0 aliphatic carbocycles. The molecule has 228 valence electrons. The molecular weight excluding hydrogens is 554 g/mol. The fraction of sp³-hybridized carbons (Fsp3) is 0.636. The first-order valence-corrected chi connectivity index (χ1v) is 17.7. The maximum Gasteiger partial charge on any atom is 0.414 e. The SMILES string of the molecule is CC(C)(C)c1ccc(OP2COC3(OC2)OCP(Oc2ccc(C(C)(C)C)cc2C(C)(C)C)CO3)c(C(C)(C)C)c1. The van der Waals surface area contributed by atoms with E-state index in [4.69, 9.17) is 28.0 Å². The Kier molecular flexibility index (Phi) is 9.30. The summed E-state index contributed by atoms with van der Waals surface area (Å²) >= 11 is 0. The fourth-order valence-corrected chi connectivity index (χ4v) is 7.08. The van der Waals surface area contributed by atoms with Crippen LogP contribution in [-0.2, 0) is 40.6 Å². The maximum absolute atomic E-state index is 6.48. The van der Waals surface area contributed by atoms with Crippen molar-refractivity contribution in [2.24, 2.45) is 0 Å². The van der Waals surface area contributed by atoms with Crippen LogP contribution in [0.15, 0.2) is 36.4 Å². The van der Waals surface area contributed by atoms with Gasteiger partial charge in [-0.2, -0.15) is 0 Å². The summed E-state index contributed by atoms with van der Waals surface area (Å²) in [6, 6.07) is 13.0. The van der Waals surface area contributed by atoms with Crippen molar-refractivity contribution < 1.29 is 28.0 Å². The molecule has 1 spiro atoms. The summed E-state index contributed by atoms with van der Waals surface area (Å²) in [6.07, 6.45) is -0.0408. The topological polar surface area (TPSA) is 55.4 Å². The molecular formula is C33H50O6P2. The third kappa shape index (κ3) is 8.02. The summed E-state index contributed by atoms with van der Waals surface area (Å²) < 4.78 is 37.0. The van der Waals surface area contributed by atoms with Crippen LogP contribution in [0.25, 0.3) is 0 Å². The third-order valence-corrected chi connectivity index (χ3v) is 9.88. The second-order valence-electron chi connectivity index (χ2n) is 15.2. The van der Waals surface area contributed by atoms with E-state index in [1.54, 1.807) is 0 Å². The van der Waals surface area contributed by atoms with Gasteiger partial charge in [0.1, 0.15) is 53.2 Å². The molecule has 0 aromatic heterocycles. The molecule has 0 amide bonds. The molecule has 8 heteroatoms. The lowest BCUT2D eigenvalue weighted by molar-refractivity contribution is -0.493. The molecule has 2 aromatic rings. The van der Waals surface area contributed by atoms with Crippen molar-refractivity contribution in [2.45, 2.75) is 111 Å². The minimum atomic E-state index is -1.49. The molecule has 0 saturated carbocycles.